The predicted octanol–water partition coefficient (Wildman–Crippen LogP) is 4.97. The minimum Gasteiger partial charge on any atom is -0.460 e. The Balaban J connectivity index is 2.13. The van der Waals surface area contributed by atoms with Crippen LogP contribution < -0.4 is 5.32 Å². The van der Waals surface area contributed by atoms with Crippen molar-refractivity contribution in [2.24, 2.45) is 0 Å². The number of alkyl carbamates (subject to hydrolysis) is 1. The van der Waals surface area contributed by atoms with E-state index in [9.17, 15) is 9.59 Å². The number of carbonyl (C=O) groups is 2. The van der Waals surface area contributed by atoms with Crippen LogP contribution in [0.15, 0.2) is 54.6 Å². The van der Waals surface area contributed by atoms with Crippen molar-refractivity contribution in [3.05, 3.63) is 71.3 Å². The van der Waals surface area contributed by atoms with Crippen molar-refractivity contribution in [3.8, 4) is 0 Å². The third-order valence-electron chi connectivity index (χ3n) is 4.45. The predicted molar refractivity (Wildman–Crippen MR) is 114 cm³/mol. The second-order valence-corrected chi connectivity index (χ2v) is 8.31. The fraction of sp³-hybridized carbons (Fsp3) is 0.417. The molecule has 0 fully saturated rings. The normalized spacial score (nSPS) is 14.4. The van der Waals surface area contributed by atoms with Crippen LogP contribution in [0, 0.1) is 6.92 Å². The van der Waals surface area contributed by atoms with E-state index in [1.165, 1.54) is 5.56 Å². The number of rotatable bonds is 6. The first-order chi connectivity index (χ1) is 13.6. The van der Waals surface area contributed by atoms with Gasteiger partial charge in [0.05, 0.1) is 0 Å². The first-order valence-corrected chi connectivity index (χ1v) is 9.88. The van der Waals surface area contributed by atoms with E-state index in [0.717, 1.165) is 11.1 Å². The number of amides is 1. The van der Waals surface area contributed by atoms with E-state index in [4.69, 9.17) is 9.47 Å². The Hall–Kier alpha value is -2.82. The molecule has 5 heteroatoms. The molecule has 2 rings (SSSR count). The zero-order chi connectivity index (χ0) is 21.6. The Morgan fingerprint density at radius 1 is 0.897 bits per heavy atom. The van der Waals surface area contributed by atoms with Gasteiger partial charge in [-0.25, -0.2) is 9.59 Å². The van der Waals surface area contributed by atoms with E-state index < -0.39 is 29.8 Å². The summed E-state index contributed by atoms with van der Waals surface area (Å²) in [4.78, 5) is 24.5. The maximum atomic E-state index is 12.6. The van der Waals surface area contributed by atoms with Gasteiger partial charge < -0.3 is 14.8 Å². The molecule has 0 bridgehead atoms. The second-order valence-electron chi connectivity index (χ2n) is 8.31. The van der Waals surface area contributed by atoms with Crippen molar-refractivity contribution < 1.29 is 19.1 Å². The Morgan fingerprint density at radius 3 is 2.00 bits per heavy atom. The summed E-state index contributed by atoms with van der Waals surface area (Å²) in [6, 6.07) is 17.3. The third-order valence-corrected chi connectivity index (χ3v) is 4.45. The minimum absolute atomic E-state index is 0.116. The molecule has 2 aromatic carbocycles. The highest BCUT2D eigenvalue weighted by Crippen LogP contribution is 2.30. The maximum Gasteiger partial charge on any atom is 0.408 e. The van der Waals surface area contributed by atoms with Gasteiger partial charge in [0.15, 0.2) is 0 Å². The molecular formula is C24H31NO4. The number of aryl methyl sites for hydroxylation is 1. The van der Waals surface area contributed by atoms with Gasteiger partial charge in [-0.15, -0.1) is 0 Å². The quantitative estimate of drug-likeness (QED) is 0.699. The number of ether oxygens (including phenoxy) is 2. The number of hydrogen-bond acceptors (Lipinski definition) is 4. The van der Waals surface area contributed by atoms with E-state index in [1.807, 2.05) is 56.3 Å². The number of nitrogens with one attached hydrogen (secondary N) is 1. The smallest absolute Gasteiger partial charge is 0.408 e. The van der Waals surface area contributed by atoms with Crippen LogP contribution in [0.5, 0.6) is 0 Å². The van der Waals surface area contributed by atoms with Crippen LogP contribution in [0.1, 0.15) is 57.2 Å². The summed E-state index contributed by atoms with van der Waals surface area (Å²) in [5.41, 5.74) is 2.66. The lowest BCUT2D eigenvalue weighted by Crippen LogP contribution is -2.43. The fourth-order valence-corrected chi connectivity index (χ4v) is 3.07. The number of carbonyl (C=O) groups excluding carboxylic acids is 2. The maximum absolute atomic E-state index is 12.6. The van der Waals surface area contributed by atoms with Gasteiger partial charge in [0.1, 0.15) is 17.7 Å². The zero-order valence-electron chi connectivity index (χ0n) is 18.1. The largest absolute Gasteiger partial charge is 0.460 e. The lowest BCUT2D eigenvalue weighted by atomic mass is 9.87. The van der Waals surface area contributed by atoms with E-state index >= 15 is 0 Å². The summed E-state index contributed by atoms with van der Waals surface area (Å²) in [5, 5.41) is 2.53. The van der Waals surface area contributed by atoms with E-state index in [1.54, 1.807) is 27.7 Å². The highest BCUT2D eigenvalue weighted by molar-refractivity contribution is 5.81. The molecular weight excluding hydrogens is 366 g/mol. The van der Waals surface area contributed by atoms with Crippen LogP contribution in [-0.4, -0.2) is 29.8 Å². The molecule has 0 aliphatic heterocycles. The van der Waals surface area contributed by atoms with Crippen LogP contribution in [0.3, 0.4) is 0 Å². The van der Waals surface area contributed by atoms with Crippen LogP contribution in [0.25, 0.3) is 0 Å². The Labute approximate surface area is 173 Å². The van der Waals surface area contributed by atoms with Gasteiger partial charge in [-0.3, -0.25) is 0 Å². The first-order valence-electron chi connectivity index (χ1n) is 9.88. The Morgan fingerprint density at radius 2 is 1.45 bits per heavy atom. The summed E-state index contributed by atoms with van der Waals surface area (Å²) in [7, 11) is 0. The SMILES string of the molecule is Cc1ccc([C@@H](c2ccccc2)[C@H](C)OC(=O)[C@H](C)NC(=O)OC(C)(C)C)cc1. The average Bonchev–Trinajstić information content (AvgIpc) is 2.62. The van der Waals surface area contributed by atoms with Gasteiger partial charge >= 0.3 is 12.1 Å². The fourth-order valence-electron chi connectivity index (χ4n) is 3.07. The molecule has 0 radical (unpaired) electrons. The van der Waals surface area contributed by atoms with Gasteiger partial charge in [0, 0.05) is 5.92 Å². The van der Waals surface area contributed by atoms with Gasteiger partial charge in [0.25, 0.3) is 0 Å². The van der Waals surface area contributed by atoms with Gasteiger partial charge in [-0.05, 0) is 52.7 Å². The number of benzene rings is 2. The van der Waals surface area contributed by atoms with Crippen molar-refractivity contribution in [3.63, 3.8) is 0 Å². The molecule has 0 unspecified atom stereocenters. The van der Waals surface area contributed by atoms with Gasteiger partial charge in [-0.1, -0.05) is 60.2 Å². The second kappa shape index (κ2) is 9.59. The van der Waals surface area contributed by atoms with Crippen molar-refractivity contribution in [2.75, 3.05) is 0 Å². The molecule has 3 atom stereocenters. The topological polar surface area (TPSA) is 64.6 Å². The third kappa shape index (κ3) is 6.93. The molecule has 0 aromatic heterocycles. The van der Waals surface area contributed by atoms with Crippen molar-refractivity contribution >= 4 is 12.1 Å². The first kappa shape index (κ1) is 22.5. The summed E-state index contributed by atoms with van der Waals surface area (Å²) >= 11 is 0. The zero-order valence-corrected chi connectivity index (χ0v) is 18.1. The summed E-state index contributed by atoms with van der Waals surface area (Å²) in [6.07, 6.45) is -1.07. The lowest BCUT2D eigenvalue weighted by Gasteiger charge is -2.27. The summed E-state index contributed by atoms with van der Waals surface area (Å²) in [5.74, 6) is -0.620. The lowest BCUT2D eigenvalue weighted by molar-refractivity contribution is -0.150. The highest BCUT2D eigenvalue weighted by Gasteiger charge is 2.28. The van der Waals surface area contributed by atoms with Crippen LogP contribution >= 0.6 is 0 Å². The monoisotopic (exact) mass is 397 g/mol. The Bertz CT molecular complexity index is 809. The van der Waals surface area contributed by atoms with Crippen molar-refractivity contribution in [1.82, 2.24) is 5.32 Å². The van der Waals surface area contributed by atoms with E-state index in [-0.39, 0.29) is 5.92 Å². The molecule has 1 amide bonds. The van der Waals surface area contributed by atoms with Gasteiger partial charge in [-0.2, -0.15) is 0 Å². The minimum atomic E-state index is -0.818. The number of hydrogen-bond donors (Lipinski definition) is 1. The molecule has 0 saturated heterocycles. The molecule has 0 aliphatic carbocycles. The molecule has 5 nitrogen and oxygen atoms in total. The molecule has 0 spiro atoms. The van der Waals surface area contributed by atoms with Crippen molar-refractivity contribution in [1.29, 1.82) is 0 Å². The summed E-state index contributed by atoms with van der Waals surface area (Å²) in [6.45, 7) is 10.8. The van der Waals surface area contributed by atoms with E-state index in [0.29, 0.717) is 0 Å². The molecule has 29 heavy (non-hydrogen) atoms. The summed E-state index contributed by atoms with van der Waals surface area (Å²) < 4.78 is 10.9. The van der Waals surface area contributed by atoms with Crippen LogP contribution in [-0.2, 0) is 14.3 Å². The molecule has 1 N–H and O–H groups in total. The Kier molecular flexibility index (Phi) is 7.43. The van der Waals surface area contributed by atoms with E-state index in [2.05, 4.69) is 17.4 Å². The molecule has 0 aliphatic rings. The van der Waals surface area contributed by atoms with Crippen LogP contribution in [0.4, 0.5) is 4.79 Å². The van der Waals surface area contributed by atoms with Gasteiger partial charge in [0.2, 0.25) is 0 Å². The molecule has 156 valence electrons. The standard InChI is InChI=1S/C24H31NO4/c1-16-12-14-20(15-13-16)21(19-10-8-7-9-11-19)18(3)28-22(26)17(2)25-23(27)29-24(4,5)6/h7-15,17-18,21H,1-6H3,(H,25,27)/t17-,18-,21+/m0/s1. The molecule has 2 aromatic rings. The van der Waals surface area contributed by atoms with Crippen LogP contribution in [0.2, 0.25) is 0 Å². The highest BCUT2D eigenvalue weighted by atomic mass is 16.6. The molecule has 0 heterocycles. The number of esters is 1. The van der Waals surface area contributed by atoms with Crippen molar-refractivity contribution in [2.45, 2.75) is 65.2 Å². The molecule has 0 saturated carbocycles. The average molecular weight is 398 g/mol.